The minimum Gasteiger partial charge on any atom is -0.507 e. The number of thiazole rings is 1. The summed E-state index contributed by atoms with van der Waals surface area (Å²) in [6.45, 7) is -0.0356. The van der Waals surface area contributed by atoms with E-state index in [1.54, 1.807) is 6.07 Å². The van der Waals surface area contributed by atoms with Crippen molar-refractivity contribution in [3.8, 4) is 5.75 Å². The molecule has 1 heterocycles. The van der Waals surface area contributed by atoms with Gasteiger partial charge in [0.05, 0.1) is 22.4 Å². The lowest BCUT2D eigenvalue weighted by Gasteiger charge is -2.09. The summed E-state index contributed by atoms with van der Waals surface area (Å²) in [4.78, 5) is 28.6. The lowest BCUT2D eigenvalue weighted by atomic mass is 10.1. The summed E-state index contributed by atoms with van der Waals surface area (Å²) in [5, 5.41) is 12.5. The number of fused-ring (bicyclic) bond motifs is 2. The van der Waals surface area contributed by atoms with Gasteiger partial charge >= 0.3 is 0 Å². The molecule has 29 heavy (non-hydrogen) atoms. The molecule has 1 aromatic heterocycles. The van der Waals surface area contributed by atoms with E-state index < -0.39 is 11.8 Å². The second-order valence-electron chi connectivity index (χ2n) is 6.29. The number of nitrogens with one attached hydrogen (secondary N) is 2. The lowest BCUT2D eigenvalue weighted by Crippen LogP contribution is -2.43. The fourth-order valence-corrected chi connectivity index (χ4v) is 3.76. The van der Waals surface area contributed by atoms with Crippen LogP contribution in [-0.4, -0.2) is 28.5 Å². The Labute approximate surface area is 169 Å². The van der Waals surface area contributed by atoms with Gasteiger partial charge in [-0.2, -0.15) is 0 Å². The van der Waals surface area contributed by atoms with Gasteiger partial charge in [0, 0.05) is 0 Å². The van der Waals surface area contributed by atoms with Crippen LogP contribution < -0.4 is 10.9 Å². The summed E-state index contributed by atoms with van der Waals surface area (Å²) in [7, 11) is 0. The van der Waals surface area contributed by atoms with Crippen LogP contribution in [0.15, 0.2) is 60.7 Å². The maximum absolute atomic E-state index is 12.3. The van der Waals surface area contributed by atoms with Crippen LogP contribution >= 0.6 is 11.3 Å². The molecule has 4 rings (SSSR count). The van der Waals surface area contributed by atoms with E-state index in [2.05, 4.69) is 15.8 Å². The first-order valence-electron chi connectivity index (χ1n) is 8.83. The van der Waals surface area contributed by atoms with Crippen molar-refractivity contribution < 1.29 is 19.4 Å². The monoisotopic (exact) mass is 407 g/mol. The third-order valence-corrected chi connectivity index (χ3v) is 5.23. The van der Waals surface area contributed by atoms with E-state index in [1.807, 2.05) is 48.5 Å². The van der Waals surface area contributed by atoms with Gasteiger partial charge in [0.15, 0.2) is 0 Å². The number of phenols is 1. The molecule has 0 saturated heterocycles. The molecule has 8 heteroatoms. The lowest BCUT2D eigenvalue weighted by molar-refractivity contribution is -0.126. The Bertz CT molecular complexity index is 1170. The summed E-state index contributed by atoms with van der Waals surface area (Å²) < 4.78 is 6.42. The third-order valence-electron chi connectivity index (χ3n) is 4.22. The number of aromatic nitrogens is 1. The van der Waals surface area contributed by atoms with E-state index in [1.165, 1.54) is 17.4 Å². The Kier molecular flexibility index (Phi) is 5.37. The average Bonchev–Trinajstić information content (AvgIpc) is 3.14. The number of carbonyl (C=O) groups is 2. The Balaban J connectivity index is 1.29. The standard InChI is InChI=1S/C21H17N3O4S/c25-17-10-14-6-2-1-5-13(14)9-15(17)21(27)24-23-19(26)11-28-12-20-22-16-7-3-4-8-18(16)29-20/h1-10,25H,11-12H2,(H,23,26)(H,24,27). The Morgan fingerprint density at radius 1 is 1.00 bits per heavy atom. The Morgan fingerprint density at radius 2 is 1.72 bits per heavy atom. The van der Waals surface area contributed by atoms with E-state index in [4.69, 9.17) is 4.74 Å². The highest BCUT2D eigenvalue weighted by molar-refractivity contribution is 7.18. The number of amides is 2. The topological polar surface area (TPSA) is 101 Å². The zero-order chi connectivity index (χ0) is 20.2. The summed E-state index contributed by atoms with van der Waals surface area (Å²) in [5.74, 6) is -1.30. The normalized spacial score (nSPS) is 10.9. The molecule has 0 saturated carbocycles. The van der Waals surface area contributed by atoms with Crippen molar-refractivity contribution in [3.05, 3.63) is 71.2 Å². The fraction of sp³-hybridized carbons (Fsp3) is 0.0952. The first-order valence-corrected chi connectivity index (χ1v) is 9.65. The van der Waals surface area contributed by atoms with Crippen LogP contribution in [0.3, 0.4) is 0 Å². The van der Waals surface area contributed by atoms with E-state index in [9.17, 15) is 14.7 Å². The molecule has 2 amide bonds. The first-order chi connectivity index (χ1) is 14.1. The zero-order valence-corrected chi connectivity index (χ0v) is 16.0. The van der Waals surface area contributed by atoms with Gasteiger partial charge in [0.25, 0.3) is 11.8 Å². The zero-order valence-electron chi connectivity index (χ0n) is 15.2. The largest absolute Gasteiger partial charge is 0.507 e. The van der Waals surface area contributed by atoms with Crippen molar-refractivity contribution in [1.82, 2.24) is 15.8 Å². The van der Waals surface area contributed by atoms with Gasteiger partial charge < -0.3 is 9.84 Å². The summed E-state index contributed by atoms with van der Waals surface area (Å²) >= 11 is 1.50. The molecule has 0 bridgehead atoms. The van der Waals surface area contributed by atoms with Gasteiger partial charge in [-0.1, -0.05) is 36.4 Å². The number of para-hydroxylation sites is 1. The Hall–Kier alpha value is -3.49. The number of aromatic hydroxyl groups is 1. The molecule has 0 atom stereocenters. The average molecular weight is 407 g/mol. The molecule has 0 radical (unpaired) electrons. The second kappa shape index (κ2) is 8.26. The van der Waals surface area contributed by atoms with Crippen molar-refractivity contribution in [3.63, 3.8) is 0 Å². The maximum atomic E-state index is 12.3. The van der Waals surface area contributed by atoms with Crippen LogP contribution in [0, 0.1) is 0 Å². The molecule has 4 aromatic rings. The minimum absolute atomic E-state index is 0.0689. The molecular formula is C21H17N3O4S. The second-order valence-corrected chi connectivity index (χ2v) is 7.40. The molecule has 0 fully saturated rings. The molecule has 3 N–H and O–H groups in total. The smallest absolute Gasteiger partial charge is 0.273 e. The van der Waals surface area contributed by atoms with E-state index in [0.29, 0.717) is 0 Å². The predicted molar refractivity (Wildman–Crippen MR) is 110 cm³/mol. The van der Waals surface area contributed by atoms with Gasteiger partial charge in [0.2, 0.25) is 0 Å². The van der Waals surface area contributed by atoms with Crippen LogP contribution in [0.25, 0.3) is 21.0 Å². The molecule has 7 nitrogen and oxygen atoms in total. The number of carbonyl (C=O) groups excluding carboxylic acids is 2. The number of hydrazine groups is 1. The van der Waals surface area contributed by atoms with Gasteiger partial charge in [-0.25, -0.2) is 4.98 Å². The van der Waals surface area contributed by atoms with Crippen molar-refractivity contribution in [2.24, 2.45) is 0 Å². The van der Waals surface area contributed by atoms with Crippen molar-refractivity contribution in [2.75, 3.05) is 6.61 Å². The van der Waals surface area contributed by atoms with Crippen LogP contribution in [0.1, 0.15) is 15.4 Å². The van der Waals surface area contributed by atoms with Crippen LogP contribution in [-0.2, 0) is 16.1 Å². The maximum Gasteiger partial charge on any atom is 0.273 e. The van der Waals surface area contributed by atoms with Gasteiger partial charge in [0.1, 0.15) is 17.4 Å². The molecule has 0 aliphatic carbocycles. The molecule has 3 aromatic carbocycles. The molecule has 146 valence electrons. The number of hydrogen-bond donors (Lipinski definition) is 3. The van der Waals surface area contributed by atoms with Crippen molar-refractivity contribution in [2.45, 2.75) is 6.61 Å². The number of hydrogen-bond acceptors (Lipinski definition) is 6. The van der Waals surface area contributed by atoms with E-state index >= 15 is 0 Å². The van der Waals surface area contributed by atoms with Crippen LogP contribution in [0.4, 0.5) is 0 Å². The SMILES string of the molecule is O=C(COCc1nc2ccccc2s1)NNC(=O)c1cc2ccccc2cc1O. The van der Waals surface area contributed by atoms with Gasteiger partial charge in [-0.3, -0.25) is 20.4 Å². The quantitative estimate of drug-likeness (QED) is 0.441. The molecule has 0 spiro atoms. The fourth-order valence-electron chi connectivity index (χ4n) is 2.85. The van der Waals surface area contributed by atoms with E-state index in [0.717, 1.165) is 26.0 Å². The minimum atomic E-state index is -0.618. The highest BCUT2D eigenvalue weighted by atomic mass is 32.1. The highest BCUT2D eigenvalue weighted by Crippen LogP contribution is 2.25. The van der Waals surface area contributed by atoms with Crippen LogP contribution in [0.2, 0.25) is 0 Å². The summed E-state index contributed by atoms with van der Waals surface area (Å²) in [6, 6.07) is 18.2. The third kappa shape index (κ3) is 4.34. The number of benzene rings is 3. The van der Waals surface area contributed by atoms with Gasteiger partial charge in [-0.05, 0) is 35.0 Å². The number of ether oxygens (including phenoxy) is 1. The predicted octanol–water partition coefficient (Wildman–Crippen LogP) is 3.13. The van der Waals surface area contributed by atoms with Crippen molar-refractivity contribution >= 4 is 44.1 Å². The van der Waals surface area contributed by atoms with Crippen molar-refractivity contribution in [1.29, 1.82) is 0 Å². The molecule has 0 aliphatic rings. The van der Waals surface area contributed by atoms with Gasteiger partial charge in [-0.15, -0.1) is 11.3 Å². The molecule has 0 unspecified atom stereocenters. The summed E-state index contributed by atoms with van der Waals surface area (Å²) in [6.07, 6.45) is 0. The first kappa shape index (κ1) is 18.9. The number of phenolic OH excluding ortho intramolecular Hbond substituents is 1. The number of rotatable bonds is 5. The van der Waals surface area contributed by atoms with E-state index in [-0.39, 0.29) is 24.5 Å². The molecular weight excluding hydrogens is 390 g/mol. The summed E-state index contributed by atoms with van der Waals surface area (Å²) in [5.41, 5.74) is 5.52. The number of nitrogens with zero attached hydrogens (tertiary/aromatic N) is 1. The molecule has 0 aliphatic heterocycles. The highest BCUT2D eigenvalue weighted by Gasteiger charge is 2.13. The Morgan fingerprint density at radius 3 is 2.52 bits per heavy atom. The van der Waals surface area contributed by atoms with Crippen LogP contribution in [0.5, 0.6) is 5.75 Å².